The summed E-state index contributed by atoms with van der Waals surface area (Å²) in [6.45, 7) is 9.10. The van der Waals surface area contributed by atoms with Gasteiger partial charge in [-0.15, -0.1) is 12.1 Å². The van der Waals surface area contributed by atoms with Gasteiger partial charge in [-0.2, -0.15) is 0 Å². The Kier molecular flexibility index (Phi) is 7.30. The minimum Gasteiger partial charge on any atom is -0.497 e. The van der Waals surface area contributed by atoms with Gasteiger partial charge in [-0.3, -0.25) is 15.0 Å². The maximum Gasteiger partial charge on any atom is 2.00 e. The molecule has 0 bridgehead atoms. The molecule has 4 aromatic carbocycles. The van der Waals surface area contributed by atoms with Gasteiger partial charge < -0.3 is 13.5 Å². The van der Waals surface area contributed by atoms with Gasteiger partial charge in [0, 0.05) is 59.7 Å². The zero-order chi connectivity index (χ0) is 31.8. The molecule has 7 heteroatoms. The fourth-order valence-corrected chi connectivity index (χ4v) is 7.24. The van der Waals surface area contributed by atoms with Crippen molar-refractivity contribution in [2.75, 3.05) is 0 Å². The Bertz CT molecular complexity index is 2660. The van der Waals surface area contributed by atoms with Crippen LogP contribution in [0.1, 0.15) is 50.7 Å². The Morgan fingerprint density at radius 2 is 1.23 bits per heavy atom. The maximum absolute atomic E-state index is 6.48. The van der Waals surface area contributed by atoms with Gasteiger partial charge in [0.15, 0.2) is 0 Å². The minimum absolute atomic E-state index is 0. The molecule has 0 amide bonds. The molecule has 236 valence electrons. The second-order valence-electron chi connectivity index (χ2n) is 12.8. The van der Waals surface area contributed by atoms with E-state index in [1.54, 1.807) is 6.20 Å². The molecule has 0 fully saturated rings. The Morgan fingerprint density at radius 1 is 0.625 bits per heavy atom. The summed E-state index contributed by atoms with van der Waals surface area (Å²) in [6.07, 6.45) is 11.4. The maximum atomic E-state index is 6.48. The smallest absolute Gasteiger partial charge is 0.497 e. The SMILES string of the molecule is CC(C)c1cccc(C(C)C)c1-c1cccc2c1c1ccc(Oc3[c-]c4c(cc3)c3cnccc3n3ccnc43)[c-]c1c1nccn21.[Pt+2]. The third kappa shape index (κ3) is 4.54. The van der Waals surface area contributed by atoms with Gasteiger partial charge in [-0.25, -0.2) is 0 Å². The van der Waals surface area contributed by atoms with E-state index in [1.165, 1.54) is 27.6 Å². The first kappa shape index (κ1) is 30.3. The number of benzene rings is 4. The minimum atomic E-state index is 0. The molecule has 0 aliphatic rings. The Hall–Kier alpha value is -5.06. The molecule has 0 atom stereocenters. The van der Waals surface area contributed by atoms with E-state index in [2.05, 4.69) is 107 Å². The Morgan fingerprint density at radius 3 is 1.90 bits per heavy atom. The third-order valence-corrected chi connectivity index (χ3v) is 9.35. The fourth-order valence-electron chi connectivity index (χ4n) is 7.24. The molecular formula is C41H31N5OPt. The molecule has 0 saturated heterocycles. The van der Waals surface area contributed by atoms with E-state index in [-0.39, 0.29) is 21.1 Å². The predicted octanol–water partition coefficient (Wildman–Crippen LogP) is 10.3. The molecule has 0 radical (unpaired) electrons. The van der Waals surface area contributed by atoms with Gasteiger partial charge in [-0.1, -0.05) is 104 Å². The van der Waals surface area contributed by atoms with Gasteiger partial charge in [0.1, 0.15) is 0 Å². The van der Waals surface area contributed by atoms with Crippen molar-refractivity contribution >= 4 is 54.6 Å². The second-order valence-corrected chi connectivity index (χ2v) is 12.8. The number of rotatable bonds is 5. The van der Waals surface area contributed by atoms with Crippen molar-refractivity contribution in [1.82, 2.24) is 23.8 Å². The number of fused-ring (bicyclic) bond motifs is 12. The van der Waals surface area contributed by atoms with Crippen LogP contribution in [-0.2, 0) is 21.1 Å². The topological polar surface area (TPSA) is 56.7 Å². The summed E-state index contributed by atoms with van der Waals surface area (Å²) in [5.41, 5.74) is 9.10. The van der Waals surface area contributed by atoms with E-state index >= 15 is 0 Å². The van der Waals surface area contributed by atoms with E-state index in [0.717, 1.165) is 49.3 Å². The second kappa shape index (κ2) is 11.6. The van der Waals surface area contributed by atoms with E-state index in [1.807, 2.05) is 49.2 Å². The standard InChI is InChI=1S/C41H31N5O.Pt/c1-24(2)28-7-5-8-29(25(3)4)38(28)32-9-6-10-37-39(32)31-14-12-27(22-34(31)41-44-18-20-46(37)41)47-26-11-13-30-33(21-26)40-43-17-19-45(40)36-15-16-42-23-35(30)36;/h5-20,23-25H,1-4H3;/q-2;+2. The molecule has 0 aliphatic carbocycles. The average molecular weight is 805 g/mol. The first-order chi connectivity index (χ1) is 23.0. The van der Waals surface area contributed by atoms with Crippen LogP contribution in [-0.4, -0.2) is 23.8 Å². The number of pyridine rings is 3. The summed E-state index contributed by atoms with van der Waals surface area (Å²) in [6, 6.07) is 30.6. The van der Waals surface area contributed by atoms with Gasteiger partial charge in [-0.05, 0) is 57.0 Å². The number of hydrogen-bond donors (Lipinski definition) is 0. The fraction of sp³-hybridized carbons (Fsp3) is 0.146. The van der Waals surface area contributed by atoms with Gasteiger partial charge in [0.05, 0.1) is 11.3 Å². The van der Waals surface area contributed by atoms with Crippen molar-refractivity contribution in [2.45, 2.75) is 39.5 Å². The number of aromatic nitrogens is 5. The van der Waals surface area contributed by atoms with Crippen LogP contribution in [0.15, 0.2) is 104 Å². The van der Waals surface area contributed by atoms with Gasteiger partial charge >= 0.3 is 21.1 Å². The zero-order valence-corrected chi connectivity index (χ0v) is 29.2. The van der Waals surface area contributed by atoms with Crippen LogP contribution in [0.4, 0.5) is 0 Å². The number of ether oxygens (including phenoxy) is 1. The molecule has 5 aromatic heterocycles. The number of imidazole rings is 2. The molecule has 9 rings (SSSR count). The molecule has 48 heavy (non-hydrogen) atoms. The monoisotopic (exact) mass is 804 g/mol. The van der Waals surface area contributed by atoms with Gasteiger partial charge in [0.25, 0.3) is 0 Å². The van der Waals surface area contributed by atoms with Crippen LogP contribution in [0.3, 0.4) is 0 Å². The summed E-state index contributed by atoms with van der Waals surface area (Å²) < 4.78 is 10.7. The quantitative estimate of drug-likeness (QED) is 0.128. The summed E-state index contributed by atoms with van der Waals surface area (Å²) in [7, 11) is 0. The first-order valence-electron chi connectivity index (χ1n) is 16.1. The Balaban J connectivity index is 0.00000336. The van der Waals surface area contributed by atoms with Crippen molar-refractivity contribution in [3.63, 3.8) is 0 Å². The molecule has 6 nitrogen and oxygen atoms in total. The molecule has 0 saturated carbocycles. The summed E-state index contributed by atoms with van der Waals surface area (Å²) in [5.74, 6) is 1.95. The van der Waals surface area contributed by atoms with Crippen LogP contribution in [0.5, 0.6) is 11.5 Å². The van der Waals surface area contributed by atoms with E-state index in [9.17, 15) is 0 Å². The van der Waals surface area contributed by atoms with E-state index in [0.29, 0.717) is 23.3 Å². The molecular weight excluding hydrogens is 774 g/mol. The zero-order valence-electron chi connectivity index (χ0n) is 26.9. The average Bonchev–Trinajstić information content (AvgIpc) is 3.79. The molecule has 9 aromatic rings. The Labute approximate surface area is 292 Å². The number of nitrogens with zero attached hydrogens (tertiary/aromatic N) is 5. The molecule has 5 heterocycles. The van der Waals surface area contributed by atoms with Crippen LogP contribution >= 0.6 is 0 Å². The summed E-state index contributed by atoms with van der Waals surface area (Å²) in [4.78, 5) is 13.8. The van der Waals surface area contributed by atoms with E-state index in [4.69, 9.17) is 9.72 Å². The van der Waals surface area contributed by atoms with Crippen molar-refractivity contribution in [2.24, 2.45) is 0 Å². The van der Waals surface area contributed by atoms with Gasteiger partial charge in [0.2, 0.25) is 0 Å². The molecule has 0 aliphatic heterocycles. The van der Waals surface area contributed by atoms with Crippen LogP contribution < -0.4 is 4.74 Å². The van der Waals surface area contributed by atoms with Crippen molar-refractivity contribution in [3.05, 3.63) is 127 Å². The van der Waals surface area contributed by atoms with Crippen LogP contribution in [0.2, 0.25) is 0 Å². The number of hydrogen-bond acceptors (Lipinski definition) is 4. The molecule has 0 N–H and O–H groups in total. The van der Waals surface area contributed by atoms with Crippen LogP contribution in [0, 0.1) is 12.1 Å². The largest absolute Gasteiger partial charge is 2.00 e. The van der Waals surface area contributed by atoms with Crippen molar-refractivity contribution < 1.29 is 25.8 Å². The third-order valence-electron chi connectivity index (χ3n) is 9.35. The molecule has 0 unspecified atom stereocenters. The first-order valence-corrected chi connectivity index (χ1v) is 16.1. The van der Waals surface area contributed by atoms with Crippen molar-refractivity contribution in [3.8, 4) is 22.6 Å². The predicted molar refractivity (Wildman–Crippen MR) is 190 cm³/mol. The summed E-state index contributed by atoms with van der Waals surface area (Å²) in [5, 5.41) is 6.14. The van der Waals surface area contributed by atoms with Crippen molar-refractivity contribution in [1.29, 1.82) is 0 Å². The van der Waals surface area contributed by atoms with E-state index < -0.39 is 0 Å². The van der Waals surface area contributed by atoms with Crippen LogP contribution in [0.25, 0.3) is 65.8 Å². The normalized spacial score (nSPS) is 12.0. The summed E-state index contributed by atoms with van der Waals surface area (Å²) >= 11 is 0. The molecule has 0 spiro atoms.